The molecule has 5 nitrogen and oxygen atoms in total. The van der Waals surface area contributed by atoms with Crippen molar-refractivity contribution in [1.82, 2.24) is 5.32 Å². The van der Waals surface area contributed by atoms with Crippen molar-refractivity contribution in [3.63, 3.8) is 0 Å². The lowest BCUT2D eigenvalue weighted by atomic mass is 10.2. The molecular weight excluding hydrogens is 360 g/mol. The maximum absolute atomic E-state index is 12.5. The van der Waals surface area contributed by atoms with Crippen molar-refractivity contribution in [2.24, 2.45) is 0 Å². The van der Waals surface area contributed by atoms with E-state index in [1.807, 2.05) is 60.7 Å². The van der Waals surface area contributed by atoms with Crippen LogP contribution < -0.4 is 19.7 Å². The Morgan fingerprint density at radius 1 is 1.15 bits per heavy atom. The Morgan fingerprint density at radius 3 is 2.78 bits per heavy atom. The number of carbonyl (C=O) groups excluding carboxylic acids is 1. The second-order valence-electron chi connectivity index (χ2n) is 6.14. The highest BCUT2D eigenvalue weighted by atomic mass is 32.1. The lowest BCUT2D eigenvalue weighted by Crippen LogP contribution is -2.27. The fraction of sp³-hybridized carbons (Fsp3) is 0.190. The van der Waals surface area contributed by atoms with Crippen molar-refractivity contribution < 1.29 is 14.3 Å². The van der Waals surface area contributed by atoms with Crippen LogP contribution in [-0.2, 0) is 6.54 Å². The molecule has 4 rings (SSSR count). The monoisotopic (exact) mass is 380 g/mol. The number of rotatable bonds is 5. The van der Waals surface area contributed by atoms with Crippen LogP contribution in [0.5, 0.6) is 11.5 Å². The Hall–Kier alpha value is -2.99. The molecule has 0 atom stereocenters. The molecule has 2 aromatic carbocycles. The zero-order valence-corrected chi connectivity index (χ0v) is 15.8. The highest BCUT2D eigenvalue weighted by Crippen LogP contribution is 2.39. The van der Waals surface area contributed by atoms with Gasteiger partial charge in [0.2, 0.25) is 0 Å². The summed E-state index contributed by atoms with van der Waals surface area (Å²) in [6, 6.07) is 19.5. The molecule has 0 radical (unpaired) electrons. The van der Waals surface area contributed by atoms with Crippen LogP contribution >= 0.6 is 11.3 Å². The number of hydrogen-bond donors (Lipinski definition) is 1. The molecule has 1 aromatic heterocycles. The van der Waals surface area contributed by atoms with Gasteiger partial charge in [-0.3, -0.25) is 4.79 Å². The minimum atomic E-state index is -0.0661. The van der Waals surface area contributed by atoms with Crippen molar-refractivity contribution in [2.75, 3.05) is 25.2 Å². The van der Waals surface area contributed by atoms with Gasteiger partial charge in [-0.2, -0.15) is 0 Å². The molecule has 138 valence electrons. The molecule has 0 saturated heterocycles. The third kappa shape index (κ3) is 3.75. The number of anilines is 2. The van der Waals surface area contributed by atoms with Gasteiger partial charge in [0.05, 0.1) is 29.2 Å². The zero-order valence-electron chi connectivity index (χ0n) is 15.0. The minimum absolute atomic E-state index is 0.0661. The number of para-hydroxylation sites is 2. The molecule has 0 aliphatic carbocycles. The van der Waals surface area contributed by atoms with Crippen LogP contribution in [0, 0.1) is 0 Å². The summed E-state index contributed by atoms with van der Waals surface area (Å²) < 4.78 is 10.9. The topological polar surface area (TPSA) is 50.8 Å². The predicted molar refractivity (Wildman–Crippen MR) is 107 cm³/mol. The van der Waals surface area contributed by atoms with Crippen LogP contribution in [0.3, 0.4) is 0 Å². The Kier molecular flexibility index (Phi) is 4.98. The Balaban J connectivity index is 1.44. The number of nitrogens with zero attached hydrogens (tertiary/aromatic N) is 1. The summed E-state index contributed by atoms with van der Waals surface area (Å²) in [6.07, 6.45) is 0. The van der Waals surface area contributed by atoms with Crippen molar-refractivity contribution in [2.45, 2.75) is 6.54 Å². The van der Waals surface area contributed by atoms with Crippen LogP contribution in [0.4, 0.5) is 10.7 Å². The largest absolute Gasteiger partial charge is 0.497 e. The highest BCUT2D eigenvalue weighted by Gasteiger charge is 2.21. The van der Waals surface area contributed by atoms with Gasteiger partial charge < -0.3 is 19.7 Å². The summed E-state index contributed by atoms with van der Waals surface area (Å²) in [5, 5.41) is 4.02. The lowest BCUT2D eigenvalue weighted by molar-refractivity contribution is 0.0955. The second kappa shape index (κ2) is 7.72. The minimum Gasteiger partial charge on any atom is -0.497 e. The maximum Gasteiger partial charge on any atom is 0.261 e. The van der Waals surface area contributed by atoms with E-state index in [4.69, 9.17) is 9.47 Å². The van der Waals surface area contributed by atoms with Crippen molar-refractivity contribution >= 4 is 27.9 Å². The van der Waals surface area contributed by atoms with E-state index < -0.39 is 0 Å². The SMILES string of the molecule is COc1ccc(CNC(=O)c2ccc(N3CCOc4ccccc43)s2)cc1. The summed E-state index contributed by atoms with van der Waals surface area (Å²) in [4.78, 5) is 15.4. The molecule has 0 bridgehead atoms. The Morgan fingerprint density at radius 2 is 1.96 bits per heavy atom. The van der Waals surface area contributed by atoms with Crippen molar-refractivity contribution in [3.05, 3.63) is 71.1 Å². The number of thiophene rings is 1. The van der Waals surface area contributed by atoms with E-state index in [2.05, 4.69) is 10.2 Å². The Labute approximate surface area is 162 Å². The molecule has 1 aliphatic rings. The number of fused-ring (bicyclic) bond motifs is 1. The van der Waals surface area contributed by atoms with E-state index in [1.54, 1.807) is 7.11 Å². The van der Waals surface area contributed by atoms with E-state index in [0.717, 1.165) is 34.3 Å². The highest BCUT2D eigenvalue weighted by molar-refractivity contribution is 7.18. The van der Waals surface area contributed by atoms with Crippen LogP contribution in [0.2, 0.25) is 0 Å². The molecule has 1 N–H and O–H groups in total. The first-order valence-corrected chi connectivity index (χ1v) is 9.56. The predicted octanol–water partition coefficient (Wildman–Crippen LogP) is 4.22. The van der Waals surface area contributed by atoms with Crippen molar-refractivity contribution in [3.8, 4) is 11.5 Å². The summed E-state index contributed by atoms with van der Waals surface area (Å²) in [5.41, 5.74) is 2.07. The zero-order chi connectivity index (χ0) is 18.6. The van der Waals surface area contributed by atoms with Gasteiger partial charge in [0, 0.05) is 6.54 Å². The van der Waals surface area contributed by atoms with Gasteiger partial charge >= 0.3 is 0 Å². The molecule has 2 heterocycles. The molecule has 0 fully saturated rings. The third-order valence-corrected chi connectivity index (χ3v) is 5.53. The average molecular weight is 380 g/mol. The van der Waals surface area contributed by atoms with Gasteiger partial charge in [-0.1, -0.05) is 24.3 Å². The summed E-state index contributed by atoms with van der Waals surface area (Å²) in [7, 11) is 1.64. The van der Waals surface area contributed by atoms with E-state index in [0.29, 0.717) is 18.0 Å². The number of hydrogen-bond acceptors (Lipinski definition) is 5. The third-order valence-electron chi connectivity index (χ3n) is 4.42. The molecule has 6 heteroatoms. The normalized spacial score (nSPS) is 12.9. The number of benzene rings is 2. The molecule has 1 aliphatic heterocycles. The van der Waals surface area contributed by atoms with Crippen LogP contribution in [0.1, 0.15) is 15.2 Å². The number of nitrogens with one attached hydrogen (secondary N) is 1. The Bertz CT molecular complexity index is 937. The van der Waals surface area contributed by atoms with E-state index in [1.165, 1.54) is 11.3 Å². The maximum atomic E-state index is 12.5. The summed E-state index contributed by atoms with van der Waals surface area (Å²) in [6.45, 7) is 1.88. The second-order valence-corrected chi connectivity index (χ2v) is 7.20. The van der Waals surface area contributed by atoms with Gasteiger partial charge in [0.1, 0.15) is 18.1 Å². The van der Waals surface area contributed by atoms with E-state index in [-0.39, 0.29) is 5.91 Å². The summed E-state index contributed by atoms with van der Waals surface area (Å²) >= 11 is 1.49. The first-order valence-electron chi connectivity index (χ1n) is 8.75. The molecular formula is C21H20N2O3S. The first kappa shape index (κ1) is 17.4. The molecule has 27 heavy (non-hydrogen) atoms. The smallest absolute Gasteiger partial charge is 0.261 e. The standard InChI is InChI=1S/C21H20N2O3S/c1-25-16-8-6-15(7-9-16)14-22-21(24)19-10-11-20(27-19)23-12-13-26-18-5-3-2-4-17(18)23/h2-11H,12-14H2,1H3,(H,22,24). The van der Waals surface area contributed by atoms with Crippen LogP contribution in [0.25, 0.3) is 0 Å². The molecule has 0 spiro atoms. The lowest BCUT2D eigenvalue weighted by Gasteiger charge is -2.29. The fourth-order valence-corrected chi connectivity index (χ4v) is 3.97. The number of amides is 1. The first-order chi connectivity index (χ1) is 13.2. The quantitative estimate of drug-likeness (QED) is 0.720. The van der Waals surface area contributed by atoms with Crippen LogP contribution in [0.15, 0.2) is 60.7 Å². The molecule has 0 unspecified atom stereocenters. The molecule has 0 saturated carbocycles. The van der Waals surface area contributed by atoms with Gasteiger partial charge in [-0.05, 0) is 42.0 Å². The fourth-order valence-electron chi connectivity index (χ4n) is 3.01. The van der Waals surface area contributed by atoms with E-state index in [9.17, 15) is 4.79 Å². The molecule has 3 aromatic rings. The average Bonchev–Trinajstić information content (AvgIpc) is 3.22. The van der Waals surface area contributed by atoms with Gasteiger partial charge in [-0.15, -0.1) is 11.3 Å². The van der Waals surface area contributed by atoms with Crippen LogP contribution in [-0.4, -0.2) is 26.2 Å². The van der Waals surface area contributed by atoms with E-state index >= 15 is 0 Å². The molecule has 1 amide bonds. The van der Waals surface area contributed by atoms with Gasteiger partial charge in [-0.25, -0.2) is 0 Å². The number of methoxy groups -OCH3 is 1. The van der Waals surface area contributed by atoms with Crippen molar-refractivity contribution in [1.29, 1.82) is 0 Å². The van der Waals surface area contributed by atoms with Gasteiger partial charge in [0.15, 0.2) is 0 Å². The summed E-state index contributed by atoms with van der Waals surface area (Å²) in [5.74, 6) is 1.62. The van der Waals surface area contributed by atoms with Gasteiger partial charge in [0.25, 0.3) is 5.91 Å². The number of carbonyl (C=O) groups is 1. The number of ether oxygens (including phenoxy) is 2.